The Bertz CT molecular complexity index is 555. The molecule has 0 spiro atoms. The molecule has 1 aromatic heterocycles. The molecule has 0 aromatic carbocycles. The minimum atomic E-state index is 0.0377. The van der Waals surface area contributed by atoms with Gasteiger partial charge in [0, 0.05) is 24.8 Å². The zero-order valence-electron chi connectivity index (χ0n) is 11.0. The van der Waals surface area contributed by atoms with Crippen LogP contribution in [0.4, 0.5) is 10.6 Å². The Kier molecular flexibility index (Phi) is 2.86. The summed E-state index contributed by atoms with van der Waals surface area (Å²) >= 11 is 0. The van der Waals surface area contributed by atoms with Crippen molar-refractivity contribution in [3.63, 3.8) is 0 Å². The lowest BCUT2D eigenvalue weighted by molar-refractivity contribution is 0.173. The molecule has 98 valence electrons. The van der Waals surface area contributed by atoms with Gasteiger partial charge in [-0.2, -0.15) is 5.26 Å². The molecule has 1 aliphatic carbocycles. The van der Waals surface area contributed by atoms with Crippen LogP contribution >= 0.6 is 0 Å². The van der Waals surface area contributed by atoms with Crippen LogP contribution in [-0.2, 0) is 0 Å². The summed E-state index contributed by atoms with van der Waals surface area (Å²) in [5, 5.41) is 9.04. The number of amides is 2. The predicted molar refractivity (Wildman–Crippen MR) is 70.8 cm³/mol. The number of nitriles is 1. The number of anilines is 1. The number of rotatable bonds is 2. The number of hydrogen-bond acceptors (Lipinski definition) is 3. The van der Waals surface area contributed by atoms with Gasteiger partial charge in [0.2, 0.25) is 0 Å². The molecule has 1 aromatic rings. The molecular weight excluding hydrogens is 240 g/mol. The fourth-order valence-electron chi connectivity index (χ4n) is 2.27. The first-order valence-corrected chi connectivity index (χ1v) is 6.66. The standard InChI is InChI=1S/C14H16N4O/c1-10-7-11(9-15)8-13(16-10)18(12-3-4-12)14(19)17-5-2-6-17/h7-8,12H,2-6H2,1H3. The van der Waals surface area contributed by atoms with Gasteiger partial charge in [0.05, 0.1) is 11.6 Å². The zero-order valence-corrected chi connectivity index (χ0v) is 11.0. The second-order valence-corrected chi connectivity index (χ2v) is 5.19. The number of carbonyl (C=O) groups is 1. The van der Waals surface area contributed by atoms with Gasteiger partial charge < -0.3 is 4.90 Å². The third kappa shape index (κ3) is 2.26. The van der Waals surface area contributed by atoms with E-state index < -0.39 is 0 Å². The number of nitrogens with zero attached hydrogens (tertiary/aromatic N) is 4. The average molecular weight is 256 g/mol. The number of hydrogen-bond donors (Lipinski definition) is 0. The summed E-state index contributed by atoms with van der Waals surface area (Å²) in [5.74, 6) is 0.621. The maximum Gasteiger partial charge on any atom is 0.325 e. The van der Waals surface area contributed by atoms with Crippen LogP contribution in [0.2, 0.25) is 0 Å². The Morgan fingerprint density at radius 3 is 2.74 bits per heavy atom. The lowest BCUT2D eigenvalue weighted by Gasteiger charge is -2.35. The number of aryl methyl sites for hydroxylation is 1. The topological polar surface area (TPSA) is 60.2 Å². The van der Waals surface area contributed by atoms with E-state index in [-0.39, 0.29) is 12.1 Å². The smallest absolute Gasteiger partial charge is 0.324 e. The first kappa shape index (κ1) is 12.0. The van der Waals surface area contributed by atoms with Crippen LogP contribution in [0.25, 0.3) is 0 Å². The molecule has 3 rings (SSSR count). The van der Waals surface area contributed by atoms with Crippen molar-refractivity contribution in [2.45, 2.75) is 32.2 Å². The van der Waals surface area contributed by atoms with E-state index in [0.717, 1.165) is 38.0 Å². The molecule has 0 atom stereocenters. The SMILES string of the molecule is Cc1cc(C#N)cc(N(C(=O)N2CCC2)C2CC2)n1. The van der Waals surface area contributed by atoms with Crippen molar-refractivity contribution >= 4 is 11.8 Å². The van der Waals surface area contributed by atoms with E-state index in [1.165, 1.54) is 0 Å². The van der Waals surface area contributed by atoms with E-state index in [2.05, 4.69) is 11.1 Å². The average Bonchev–Trinajstić information content (AvgIpc) is 3.10. The number of likely N-dealkylation sites (tertiary alicyclic amines) is 1. The normalized spacial score (nSPS) is 17.6. The van der Waals surface area contributed by atoms with Crippen LogP contribution < -0.4 is 4.90 Å². The lowest BCUT2D eigenvalue weighted by atomic mass is 10.2. The minimum absolute atomic E-state index is 0.0377. The van der Waals surface area contributed by atoms with Gasteiger partial charge >= 0.3 is 6.03 Å². The highest BCUT2D eigenvalue weighted by molar-refractivity contribution is 5.92. The Balaban J connectivity index is 1.93. The first-order valence-electron chi connectivity index (χ1n) is 6.66. The van der Waals surface area contributed by atoms with E-state index >= 15 is 0 Å². The third-order valence-electron chi connectivity index (χ3n) is 3.56. The molecule has 2 amide bonds. The second kappa shape index (κ2) is 4.54. The molecular formula is C14H16N4O. The highest BCUT2D eigenvalue weighted by Gasteiger charge is 2.38. The van der Waals surface area contributed by atoms with Crippen molar-refractivity contribution in [2.24, 2.45) is 0 Å². The molecule has 0 unspecified atom stereocenters. The van der Waals surface area contributed by atoms with Gasteiger partial charge in [0.1, 0.15) is 5.82 Å². The summed E-state index contributed by atoms with van der Waals surface area (Å²) in [5.41, 5.74) is 1.33. The van der Waals surface area contributed by atoms with Gasteiger partial charge in [-0.15, -0.1) is 0 Å². The van der Waals surface area contributed by atoms with Crippen LogP contribution in [0.5, 0.6) is 0 Å². The number of urea groups is 1. The Hall–Kier alpha value is -2.09. The molecule has 19 heavy (non-hydrogen) atoms. The van der Waals surface area contributed by atoms with Gasteiger partial charge in [-0.1, -0.05) is 0 Å². The molecule has 0 bridgehead atoms. The number of pyridine rings is 1. The highest BCUT2D eigenvalue weighted by atomic mass is 16.2. The maximum atomic E-state index is 12.4. The van der Waals surface area contributed by atoms with Gasteiger partial charge in [-0.05, 0) is 38.3 Å². The Labute approximate surface area is 112 Å². The van der Waals surface area contributed by atoms with Crippen molar-refractivity contribution in [1.29, 1.82) is 5.26 Å². The molecule has 2 aliphatic rings. The summed E-state index contributed by atoms with van der Waals surface area (Å²) < 4.78 is 0. The predicted octanol–water partition coefficient (Wildman–Crippen LogP) is 2.06. The van der Waals surface area contributed by atoms with E-state index in [0.29, 0.717) is 11.4 Å². The Morgan fingerprint density at radius 1 is 1.47 bits per heavy atom. The van der Waals surface area contributed by atoms with Gasteiger partial charge in [0.15, 0.2) is 0 Å². The van der Waals surface area contributed by atoms with Crippen molar-refractivity contribution in [1.82, 2.24) is 9.88 Å². The van der Waals surface area contributed by atoms with Gasteiger partial charge in [0.25, 0.3) is 0 Å². The fourth-order valence-corrected chi connectivity index (χ4v) is 2.27. The van der Waals surface area contributed by atoms with E-state index in [1.54, 1.807) is 17.0 Å². The Morgan fingerprint density at radius 2 is 2.21 bits per heavy atom. The maximum absolute atomic E-state index is 12.4. The summed E-state index contributed by atoms with van der Waals surface area (Å²) in [7, 11) is 0. The number of aromatic nitrogens is 1. The molecule has 2 fully saturated rings. The fraction of sp³-hybridized carbons (Fsp3) is 0.500. The number of carbonyl (C=O) groups excluding carboxylic acids is 1. The molecule has 0 N–H and O–H groups in total. The molecule has 1 aliphatic heterocycles. The van der Waals surface area contributed by atoms with Crippen molar-refractivity contribution < 1.29 is 4.79 Å². The van der Waals surface area contributed by atoms with E-state index in [4.69, 9.17) is 5.26 Å². The zero-order chi connectivity index (χ0) is 13.4. The largest absolute Gasteiger partial charge is 0.325 e. The van der Waals surface area contributed by atoms with Crippen LogP contribution in [0.15, 0.2) is 12.1 Å². The van der Waals surface area contributed by atoms with Gasteiger partial charge in [-0.3, -0.25) is 4.90 Å². The molecule has 2 heterocycles. The van der Waals surface area contributed by atoms with Crippen LogP contribution in [0, 0.1) is 18.3 Å². The van der Waals surface area contributed by atoms with Crippen LogP contribution in [0.3, 0.4) is 0 Å². The lowest BCUT2D eigenvalue weighted by Crippen LogP contribution is -2.51. The summed E-state index contributed by atoms with van der Waals surface area (Å²) in [6.45, 7) is 3.52. The summed E-state index contributed by atoms with van der Waals surface area (Å²) in [6.07, 6.45) is 3.13. The molecule has 1 saturated heterocycles. The van der Waals surface area contributed by atoms with E-state index in [1.807, 2.05) is 11.8 Å². The molecule has 1 saturated carbocycles. The van der Waals surface area contributed by atoms with Crippen molar-refractivity contribution in [2.75, 3.05) is 18.0 Å². The molecule has 5 heteroatoms. The minimum Gasteiger partial charge on any atom is -0.324 e. The summed E-state index contributed by atoms with van der Waals surface area (Å²) in [6, 6.07) is 5.87. The third-order valence-corrected chi connectivity index (χ3v) is 3.56. The second-order valence-electron chi connectivity index (χ2n) is 5.19. The summed E-state index contributed by atoms with van der Waals surface area (Å²) in [4.78, 5) is 20.5. The first-order chi connectivity index (χ1) is 9.19. The highest BCUT2D eigenvalue weighted by Crippen LogP contribution is 2.33. The molecule has 0 radical (unpaired) electrons. The quantitative estimate of drug-likeness (QED) is 0.813. The van der Waals surface area contributed by atoms with Gasteiger partial charge in [-0.25, -0.2) is 9.78 Å². The monoisotopic (exact) mass is 256 g/mol. The van der Waals surface area contributed by atoms with Crippen molar-refractivity contribution in [3.05, 3.63) is 23.4 Å². The molecule has 5 nitrogen and oxygen atoms in total. The van der Waals surface area contributed by atoms with Crippen molar-refractivity contribution in [3.8, 4) is 6.07 Å². The van der Waals surface area contributed by atoms with E-state index in [9.17, 15) is 4.79 Å². The van der Waals surface area contributed by atoms with Crippen LogP contribution in [-0.4, -0.2) is 35.0 Å². The van der Waals surface area contributed by atoms with Crippen LogP contribution in [0.1, 0.15) is 30.5 Å².